The lowest BCUT2D eigenvalue weighted by Crippen LogP contribution is -2.12. The van der Waals surface area contributed by atoms with Crippen molar-refractivity contribution in [1.82, 2.24) is 4.57 Å². The molecular formula is C14H16FNO3. The predicted molar refractivity (Wildman–Crippen MR) is 69.6 cm³/mol. The van der Waals surface area contributed by atoms with Gasteiger partial charge in [0, 0.05) is 22.7 Å². The highest BCUT2D eigenvalue weighted by Gasteiger charge is 2.27. The van der Waals surface area contributed by atoms with Crippen molar-refractivity contribution in [2.24, 2.45) is 0 Å². The maximum atomic E-state index is 14.0. The van der Waals surface area contributed by atoms with Gasteiger partial charge in [-0.05, 0) is 26.8 Å². The first-order chi connectivity index (χ1) is 8.86. The van der Waals surface area contributed by atoms with Crippen LogP contribution in [0.2, 0.25) is 0 Å². The van der Waals surface area contributed by atoms with Crippen LogP contribution in [0.1, 0.15) is 37.3 Å². The number of hydrogen-bond acceptors (Lipinski definition) is 2. The molecule has 102 valence electrons. The highest BCUT2D eigenvalue weighted by Crippen LogP contribution is 2.34. The van der Waals surface area contributed by atoms with E-state index in [4.69, 9.17) is 5.11 Å². The van der Waals surface area contributed by atoms with Crippen LogP contribution in [0.3, 0.4) is 0 Å². The largest absolute Gasteiger partial charge is 0.479 e. The van der Waals surface area contributed by atoms with E-state index >= 15 is 0 Å². The number of hydrogen-bond donors (Lipinski definition) is 2. The third-order valence-electron chi connectivity index (χ3n) is 3.29. The van der Waals surface area contributed by atoms with Gasteiger partial charge < -0.3 is 14.8 Å². The summed E-state index contributed by atoms with van der Waals surface area (Å²) < 4.78 is 15.7. The number of aliphatic carboxylic acids is 1. The summed E-state index contributed by atoms with van der Waals surface area (Å²) in [4.78, 5) is 11.0. The number of carboxylic acid groups (broad SMARTS) is 1. The number of aromatic nitrogens is 1. The average Bonchev–Trinajstić information content (AvgIpc) is 2.62. The molecule has 1 unspecified atom stereocenters. The second kappa shape index (κ2) is 4.66. The summed E-state index contributed by atoms with van der Waals surface area (Å²) in [5.41, 5.74) is 1.17. The minimum absolute atomic E-state index is 0.0332. The molecule has 0 aliphatic carbocycles. The molecule has 1 atom stereocenters. The minimum Gasteiger partial charge on any atom is -0.479 e. The second-order valence-electron chi connectivity index (χ2n) is 4.84. The van der Waals surface area contributed by atoms with E-state index in [0.717, 1.165) is 0 Å². The Hall–Kier alpha value is -1.88. The average molecular weight is 265 g/mol. The van der Waals surface area contributed by atoms with Crippen LogP contribution >= 0.6 is 0 Å². The number of para-hydroxylation sites is 1. The van der Waals surface area contributed by atoms with Gasteiger partial charge in [-0.3, -0.25) is 0 Å². The van der Waals surface area contributed by atoms with Crippen molar-refractivity contribution in [1.29, 1.82) is 0 Å². The highest BCUT2D eigenvalue weighted by atomic mass is 19.1. The molecule has 0 aliphatic heterocycles. The molecule has 2 aromatic rings. The first kappa shape index (κ1) is 13.5. The van der Waals surface area contributed by atoms with Crippen LogP contribution in [0.4, 0.5) is 4.39 Å². The fourth-order valence-electron chi connectivity index (χ4n) is 2.58. The van der Waals surface area contributed by atoms with E-state index < -0.39 is 17.9 Å². The van der Waals surface area contributed by atoms with Crippen LogP contribution in [0, 0.1) is 12.7 Å². The quantitative estimate of drug-likeness (QED) is 0.897. The number of carbonyl (C=O) groups is 1. The summed E-state index contributed by atoms with van der Waals surface area (Å²) in [6, 6.07) is 4.44. The zero-order chi connectivity index (χ0) is 14.3. The third kappa shape index (κ3) is 2.00. The fraction of sp³-hybridized carbons (Fsp3) is 0.357. The maximum absolute atomic E-state index is 14.0. The van der Waals surface area contributed by atoms with Crippen LogP contribution in [-0.2, 0) is 4.79 Å². The number of fused-ring (bicyclic) bond motifs is 1. The number of carboxylic acids is 1. The lowest BCUT2D eigenvalue weighted by atomic mass is 10.1. The number of rotatable bonds is 3. The van der Waals surface area contributed by atoms with Gasteiger partial charge in [0.1, 0.15) is 5.82 Å². The maximum Gasteiger partial charge on any atom is 0.337 e. The van der Waals surface area contributed by atoms with Crippen molar-refractivity contribution < 1.29 is 19.4 Å². The third-order valence-corrected chi connectivity index (χ3v) is 3.29. The van der Waals surface area contributed by atoms with E-state index in [-0.39, 0.29) is 11.6 Å². The van der Waals surface area contributed by atoms with Gasteiger partial charge in [-0.1, -0.05) is 12.1 Å². The number of aliphatic hydroxyl groups excluding tert-OH is 1. The molecule has 4 nitrogen and oxygen atoms in total. The van der Waals surface area contributed by atoms with Gasteiger partial charge in [-0.15, -0.1) is 0 Å². The Morgan fingerprint density at radius 3 is 2.53 bits per heavy atom. The summed E-state index contributed by atoms with van der Waals surface area (Å²) in [6.45, 7) is 5.46. The van der Waals surface area contributed by atoms with Gasteiger partial charge in [0.2, 0.25) is 0 Å². The van der Waals surface area contributed by atoms with E-state index in [1.807, 2.05) is 13.8 Å². The molecule has 0 amide bonds. The molecule has 0 saturated heterocycles. The van der Waals surface area contributed by atoms with Crippen molar-refractivity contribution in [2.45, 2.75) is 32.9 Å². The zero-order valence-electron chi connectivity index (χ0n) is 11.0. The Morgan fingerprint density at radius 2 is 2.00 bits per heavy atom. The van der Waals surface area contributed by atoms with E-state index in [1.54, 1.807) is 17.6 Å². The smallest absolute Gasteiger partial charge is 0.337 e. The number of halogens is 1. The summed E-state index contributed by atoms with van der Waals surface area (Å²) in [5, 5.41) is 19.3. The molecule has 0 spiro atoms. The molecule has 2 N–H and O–H groups in total. The molecule has 1 heterocycles. The zero-order valence-corrected chi connectivity index (χ0v) is 11.0. The van der Waals surface area contributed by atoms with Gasteiger partial charge in [0.15, 0.2) is 6.10 Å². The number of aliphatic hydroxyl groups is 1. The Kier molecular flexibility index (Phi) is 3.32. The fourth-order valence-corrected chi connectivity index (χ4v) is 2.58. The molecule has 1 aromatic heterocycles. The Balaban J connectivity index is 2.89. The number of benzene rings is 1. The Bertz CT molecular complexity index is 646. The molecule has 2 rings (SSSR count). The lowest BCUT2D eigenvalue weighted by Gasteiger charge is -2.13. The van der Waals surface area contributed by atoms with Crippen LogP contribution in [0.15, 0.2) is 18.2 Å². The Labute approximate surface area is 110 Å². The SMILES string of the molecule is Cc1c(C(O)C(=O)O)c2cccc(F)c2n1C(C)C. The topological polar surface area (TPSA) is 62.5 Å². The number of nitrogens with zero attached hydrogens (tertiary/aromatic N) is 1. The monoisotopic (exact) mass is 265 g/mol. The predicted octanol–water partition coefficient (Wildman–Crippen LogP) is 2.79. The van der Waals surface area contributed by atoms with E-state index in [1.165, 1.54) is 12.1 Å². The summed E-state index contributed by atoms with van der Waals surface area (Å²) >= 11 is 0. The molecule has 0 fully saturated rings. The van der Waals surface area contributed by atoms with Crippen molar-refractivity contribution in [3.05, 3.63) is 35.3 Å². The van der Waals surface area contributed by atoms with Crippen LogP contribution < -0.4 is 0 Å². The van der Waals surface area contributed by atoms with Crippen molar-refractivity contribution in [3.8, 4) is 0 Å². The van der Waals surface area contributed by atoms with E-state index in [0.29, 0.717) is 16.6 Å². The van der Waals surface area contributed by atoms with Gasteiger partial charge in [-0.2, -0.15) is 0 Å². The standard InChI is InChI=1S/C14H16FNO3/c1-7(2)16-8(3)11(13(17)14(18)19)9-5-4-6-10(15)12(9)16/h4-7,13,17H,1-3H3,(H,18,19). The Morgan fingerprint density at radius 1 is 1.37 bits per heavy atom. The minimum atomic E-state index is -1.65. The first-order valence-electron chi connectivity index (χ1n) is 6.06. The van der Waals surface area contributed by atoms with Gasteiger partial charge in [-0.25, -0.2) is 9.18 Å². The van der Waals surface area contributed by atoms with Crippen LogP contribution in [-0.4, -0.2) is 20.7 Å². The molecule has 1 aromatic carbocycles. The molecule has 0 saturated carbocycles. The molecular weight excluding hydrogens is 249 g/mol. The summed E-state index contributed by atoms with van der Waals surface area (Å²) in [5.74, 6) is -1.76. The molecule has 0 bridgehead atoms. The van der Waals surface area contributed by atoms with E-state index in [9.17, 15) is 14.3 Å². The normalized spacial score (nSPS) is 13.2. The van der Waals surface area contributed by atoms with Crippen LogP contribution in [0.25, 0.3) is 10.9 Å². The molecule has 19 heavy (non-hydrogen) atoms. The highest BCUT2D eigenvalue weighted by molar-refractivity contribution is 5.91. The lowest BCUT2D eigenvalue weighted by molar-refractivity contribution is -0.146. The van der Waals surface area contributed by atoms with Gasteiger partial charge in [0.05, 0.1) is 5.52 Å². The first-order valence-corrected chi connectivity index (χ1v) is 6.06. The van der Waals surface area contributed by atoms with Crippen molar-refractivity contribution in [2.75, 3.05) is 0 Å². The van der Waals surface area contributed by atoms with Crippen molar-refractivity contribution >= 4 is 16.9 Å². The van der Waals surface area contributed by atoms with Crippen LogP contribution in [0.5, 0.6) is 0 Å². The molecule has 0 radical (unpaired) electrons. The second-order valence-corrected chi connectivity index (χ2v) is 4.84. The van der Waals surface area contributed by atoms with Gasteiger partial charge >= 0.3 is 5.97 Å². The molecule has 0 aliphatic rings. The van der Waals surface area contributed by atoms with Gasteiger partial charge in [0.25, 0.3) is 0 Å². The van der Waals surface area contributed by atoms with E-state index in [2.05, 4.69) is 0 Å². The molecule has 5 heteroatoms. The summed E-state index contributed by atoms with van der Waals surface area (Å²) in [6.07, 6.45) is -1.65. The summed E-state index contributed by atoms with van der Waals surface area (Å²) in [7, 11) is 0. The van der Waals surface area contributed by atoms with Crippen molar-refractivity contribution in [3.63, 3.8) is 0 Å².